The Morgan fingerprint density at radius 2 is 1.54 bits per heavy atom. The molecule has 8 N–H and O–H groups in total. The van der Waals surface area contributed by atoms with Crippen LogP contribution in [0.2, 0.25) is 0 Å². The van der Waals surface area contributed by atoms with Crippen molar-refractivity contribution in [1.29, 1.82) is 0 Å². The summed E-state index contributed by atoms with van der Waals surface area (Å²) in [4.78, 5) is 58.4. The quantitative estimate of drug-likeness (QED) is 0.173. The summed E-state index contributed by atoms with van der Waals surface area (Å²) in [6.45, 7) is 4.64. The fraction of sp³-hybridized carbons (Fsp3) is 0.688. The first kappa shape index (κ1) is 25.7. The lowest BCUT2D eigenvalue weighted by atomic mass is 10.0. The summed E-state index contributed by atoms with van der Waals surface area (Å²) >= 11 is 4.00. The number of carboxylic acids is 1. The van der Waals surface area contributed by atoms with E-state index in [0.717, 1.165) is 0 Å². The van der Waals surface area contributed by atoms with Gasteiger partial charge in [-0.05, 0) is 19.3 Å². The predicted octanol–water partition coefficient (Wildman–Crippen LogP) is -2.28. The van der Waals surface area contributed by atoms with Gasteiger partial charge >= 0.3 is 5.97 Å². The first-order chi connectivity index (χ1) is 12.9. The Bertz CT molecular complexity index is 600. The third-order valence-corrected chi connectivity index (χ3v) is 4.20. The smallest absolute Gasteiger partial charge is 0.325 e. The summed E-state index contributed by atoms with van der Waals surface area (Å²) in [6, 6.07) is -4.27. The molecule has 4 amide bonds. The molecule has 4 unspecified atom stereocenters. The van der Waals surface area contributed by atoms with Crippen molar-refractivity contribution in [3.63, 3.8) is 0 Å². The molecular formula is C16H29N5O6S. The van der Waals surface area contributed by atoms with E-state index in [1.165, 1.54) is 6.92 Å². The summed E-state index contributed by atoms with van der Waals surface area (Å²) < 4.78 is 0. The van der Waals surface area contributed by atoms with Crippen LogP contribution in [0.15, 0.2) is 0 Å². The van der Waals surface area contributed by atoms with Crippen LogP contribution in [0.1, 0.15) is 33.6 Å². The number of hydrogen-bond acceptors (Lipinski definition) is 7. The average molecular weight is 420 g/mol. The molecule has 0 aliphatic heterocycles. The van der Waals surface area contributed by atoms with E-state index in [9.17, 15) is 24.0 Å². The Labute approximate surface area is 168 Å². The summed E-state index contributed by atoms with van der Waals surface area (Å²) in [7, 11) is 0. The number of carbonyl (C=O) groups is 5. The normalized spacial score (nSPS) is 15.1. The van der Waals surface area contributed by atoms with E-state index in [0.29, 0.717) is 0 Å². The number of rotatable bonds is 12. The highest BCUT2D eigenvalue weighted by Crippen LogP contribution is 2.05. The number of thiol groups is 1. The second-order valence-electron chi connectivity index (χ2n) is 6.65. The van der Waals surface area contributed by atoms with Crippen molar-refractivity contribution in [3.05, 3.63) is 0 Å². The molecule has 4 atom stereocenters. The Morgan fingerprint density at radius 3 is 1.96 bits per heavy atom. The van der Waals surface area contributed by atoms with Gasteiger partial charge in [0.05, 0.1) is 6.04 Å². The van der Waals surface area contributed by atoms with Crippen molar-refractivity contribution in [1.82, 2.24) is 16.0 Å². The molecule has 0 radical (unpaired) electrons. The fourth-order valence-corrected chi connectivity index (χ4v) is 2.31. The standard InChI is InChI=1S/C16H29N5O6S/c1-7(2)12(21-13(23)9(17)4-5-11(18)22)15(25)20-10(6-28)14(24)19-8(3)16(26)27/h7-10,12,28H,4-6,17H2,1-3H3,(H2,18,22)(H,19,24)(H,20,25)(H,21,23)(H,26,27). The SMILES string of the molecule is CC(NC(=O)C(CS)NC(=O)C(NC(=O)C(N)CCC(N)=O)C(C)C)C(=O)O. The van der Waals surface area contributed by atoms with E-state index in [4.69, 9.17) is 16.6 Å². The highest BCUT2D eigenvalue weighted by molar-refractivity contribution is 7.80. The Kier molecular flexibility index (Phi) is 11.2. The van der Waals surface area contributed by atoms with E-state index >= 15 is 0 Å². The lowest BCUT2D eigenvalue weighted by Crippen LogP contribution is -2.58. The van der Waals surface area contributed by atoms with Gasteiger partial charge in [-0.15, -0.1) is 0 Å². The molecule has 0 rings (SSSR count). The Hall–Kier alpha value is -2.34. The van der Waals surface area contributed by atoms with E-state index in [-0.39, 0.29) is 24.5 Å². The van der Waals surface area contributed by atoms with E-state index in [1.54, 1.807) is 13.8 Å². The van der Waals surface area contributed by atoms with Gasteiger partial charge in [-0.3, -0.25) is 24.0 Å². The van der Waals surface area contributed by atoms with Crippen molar-refractivity contribution in [3.8, 4) is 0 Å². The second kappa shape index (κ2) is 12.2. The molecule has 0 aromatic rings. The zero-order valence-corrected chi connectivity index (χ0v) is 17.0. The highest BCUT2D eigenvalue weighted by Gasteiger charge is 2.30. The first-order valence-electron chi connectivity index (χ1n) is 8.69. The first-order valence-corrected chi connectivity index (χ1v) is 9.32. The number of aliphatic carboxylic acids is 1. The lowest BCUT2D eigenvalue weighted by molar-refractivity contribution is -0.141. The number of nitrogens with one attached hydrogen (secondary N) is 3. The molecule has 160 valence electrons. The predicted molar refractivity (Wildman–Crippen MR) is 104 cm³/mol. The Morgan fingerprint density at radius 1 is 0.964 bits per heavy atom. The number of amides is 4. The molecule has 12 heteroatoms. The van der Waals surface area contributed by atoms with Crippen molar-refractivity contribution in [2.45, 2.75) is 57.8 Å². The third kappa shape index (κ3) is 9.04. The van der Waals surface area contributed by atoms with Crippen LogP contribution in [0.3, 0.4) is 0 Å². The molecule has 0 aliphatic rings. The zero-order chi connectivity index (χ0) is 22.0. The summed E-state index contributed by atoms with van der Waals surface area (Å²) in [5, 5.41) is 16.0. The van der Waals surface area contributed by atoms with Gasteiger partial charge in [0.1, 0.15) is 18.1 Å². The number of carboxylic acid groups (broad SMARTS) is 1. The topological polar surface area (TPSA) is 194 Å². The monoisotopic (exact) mass is 419 g/mol. The van der Waals surface area contributed by atoms with Gasteiger partial charge in [0.15, 0.2) is 0 Å². The van der Waals surface area contributed by atoms with E-state index in [2.05, 4.69) is 28.6 Å². The molecule has 0 saturated heterocycles. The second-order valence-corrected chi connectivity index (χ2v) is 7.02. The minimum Gasteiger partial charge on any atom is -0.480 e. The summed E-state index contributed by atoms with van der Waals surface area (Å²) in [6.07, 6.45) is -0.0425. The summed E-state index contributed by atoms with van der Waals surface area (Å²) in [5.74, 6) is -4.25. The van der Waals surface area contributed by atoms with Crippen LogP contribution >= 0.6 is 12.6 Å². The van der Waals surface area contributed by atoms with Gasteiger partial charge < -0.3 is 32.5 Å². The van der Waals surface area contributed by atoms with Gasteiger partial charge in [-0.1, -0.05) is 13.8 Å². The molecule has 0 saturated carbocycles. The average Bonchev–Trinajstić information content (AvgIpc) is 2.60. The maximum absolute atomic E-state index is 12.5. The molecule has 0 aliphatic carbocycles. The molecule has 0 spiro atoms. The van der Waals surface area contributed by atoms with Crippen molar-refractivity contribution in [2.24, 2.45) is 17.4 Å². The molecule has 0 aromatic carbocycles. The van der Waals surface area contributed by atoms with Gasteiger partial charge in [0, 0.05) is 12.2 Å². The van der Waals surface area contributed by atoms with Crippen LogP contribution in [0.25, 0.3) is 0 Å². The number of nitrogens with two attached hydrogens (primary N) is 2. The van der Waals surface area contributed by atoms with Crippen LogP contribution in [0, 0.1) is 5.92 Å². The molecule has 0 fully saturated rings. The van der Waals surface area contributed by atoms with Crippen molar-refractivity contribution in [2.75, 3.05) is 5.75 Å². The van der Waals surface area contributed by atoms with E-state index in [1.807, 2.05) is 0 Å². The van der Waals surface area contributed by atoms with Crippen LogP contribution < -0.4 is 27.4 Å². The minimum absolute atomic E-state index is 0.0301. The fourth-order valence-electron chi connectivity index (χ4n) is 2.06. The van der Waals surface area contributed by atoms with Crippen LogP contribution in [-0.2, 0) is 24.0 Å². The summed E-state index contributed by atoms with van der Waals surface area (Å²) in [5.41, 5.74) is 10.7. The molecular weight excluding hydrogens is 390 g/mol. The van der Waals surface area contributed by atoms with Crippen LogP contribution in [0.5, 0.6) is 0 Å². The highest BCUT2D eigenvalue weighted by atomic mass is 32.1. The largest absolute Gasteiger partial charge is 0.480 e. The van der Waals surface area contributed by atoms with Crippen molar-refractivity contribution < 1.29 is 29.1 Å². The van der Waals surface area contributed by atoms with Gasteiger partial charge in [0.2, 0.25) is 23.6 Å². The third-order valence-electron chi connectivity index (χ3n) is 3.83. The van der Waals surface area contributed by atoms with Crippen LogP contribution in [0.4, 0.5) is 0 Å². The lowest BCUT2D eigenvalue weighted by Gasteiger charge is -2.26. The maximum Gasteiger partial charge on any atom is 0.325 e. The van der Waals surface area contributed by atoms with Gasteiger partial charge in [-0.25, -0.2) is 0 Å². The number of primary amides is 1. The van der Waals surface area contributed by atoms with Crippen molar-refractivity contribution >= 4 is 42.2 Å². The Balaban J connectivity index is 4.99. The maximum atomic E-state index is 12.5. The van der Waals surface area contributed by atoms with E-state index < -0.39 is 53.8 Å². The molecule has 0 heterocycles. The molecule has 0 aromatic heterocycles. The molecule has 11 nitrogen and oxygen atoms in total. The number of hydrogen-bond donors (Lipinski definition) is 7. The number of carbonyl (C=O) groups excluding carboxylic acids is 4. The molecule has 28 heavy (non-hydrogen) atoms. The zero-order valence-electron chi connectivity index (χ0n) is 16.1. The minimum atomic E-state index is -1.23. The van der Waals surface area contributed by atoms with Crippen LogP contribution in [-0.4, -0.2) is 64.6 Å². The molecule has 0 bridgehead atoms. The van der Waals surface area contributed by atoms with Gasteiger partial charge in [0.25, 0.3) is 0 Å². The van der Waals surface area contributed by atoms with Gasteiger partial charge in [-0.2, -0.15) is 12.6 Å².